The first kappa shape index (κ1) is 21.6. The van der Waals surface area contributed by atoms with Gasteiger partial charge in [-0.2, -0.15) is 0 Å². The number of rotatable bonds is 8. The lowest BCUT2D eigenvalue weighted by molar-refractivity contribution is 0.0501. The zero-order valence-corrected chi connectivity index (χ0v) is 17.0. The molecule has 7 nitrogen and oxygen atoms in total. The standard InChI is InChI=1S/C20H24N2O5S/c1-4-5-14-27-20(24)17-8-6-7-9-18(17)21-19(23)15-10-12-16(13-11-15)28(25,26)22(2)3/h6-13H,4-5,14H2,1-3H3,(H,21,23). The second kappa shape index (κ2) is 9.48. The third-order valence-corrected chi connectivity index (χ3v) is 5.85. The summed E-state index contributed by atoms with van der Waals surface area (Å²) >= 11 is 0. The Balaban J connectivity index is 2.16. The van der Waals surface area contributed by atoms with Crippen molar-refractivity contribution in [2.24, 2.45) is 0 Å². The molecule has 0 saturated carbocycles. The SMILES string of the molecule is CCCCOC(=O)c1ccccc1NC(=O)c1ccc(S(=O)(=O)N(C)C)cc1. The van der Waals surface area contributed by atoms with Crippen LogP contribution in [0.3, 0.4) is 0 Å². The van der Waals surface area contributed by atoms with E-state index < -0.39 is 21.9 Å². The van der Waals surface area contributed by atoms with Crippen molar-refractivity contribution in [1.82, 2.24) is 4.31 Å². The van der Waals surface area contributed by atoms with Gasteiger partial charge in [-0.15, -0.1) is 0 Å². The maximum absolute atomic E-state index is 12.5. The molecule has 28 heavy (non-hydrogen) atoms. The molecule has 2 aromatic carbocycles. The van der Waals surface area contributed by atoms with Gasteiger partial charge in [0.2, 0.25) is 10.0 Å². The summed E-state index contributed by atoms with van der Waals surface area (Å²) in [4.78, 5) is 24.8. The molecule has 150 valence electrons. The molecular weight excluding hydrogens is 380 g/mol. The number of para-hydroxylation sites is 1. The molecule has 2 rings (SSSR count). The van der Waals surface area contributed by atoms with Crippen molar-refractivity contribution in [3.8, 4) is 0 Å². The Morgan fingerprint density at radius 2 is 1.68 bits per heavy atom. The highest BCUT2D eigenvalue weighted by atomic mass is 32.2. The molecule has 8 heteroatoms. The van der Waals surface area contributed by atoms with Crippen molar-refractivity contribution in [2.75, 3.05) is 26.0 Å². The summed E-state index contributed by atoms with van der Waals surface area (Å²) in [5.41, 5.74) is 0.865. The van der Waals surface area contributed by atoms with E-state index in [1.165, 1.54) is 38.4 Å². The van der Waals surface area contributed by atoms with Crippen molar-refractivity contribution < 1.29 is 22.7 Å². The van der Waals surface area contributed by atoms with E-state index in [-0.39, 0.29) is 16.0 Å². The number of unbranched alkanes of at least 4 members (excludes halogenated alkanes) is 1. The average Bonchev–Trinajstić information content (AvgIpc) is 2.68. The van der Waals surface area contributed by atoms with Crippen molar-refractivity contribution in [2.45, 2.75) is 24.7 Å². The first-order chi connectivity index (χ1) is 13.3. The summed E-state index contributed by atoms with van der Waals surface area (Å²) < 4.78 is 30.5. The molecule has 2 aromatic rings. The van der Waals surface area contributed by atoms with E-state index in [0.717, 1.165) is 17.1 Å². The van der Waals surface area contributed by atoms with E-state index in [2.05, 4.69) is 5.32 Å². The molecule has 0 spiro atoms. The lowest BCUT2D eigenvalue weighted by Crippen LogP contribution is -2.22. The quantitative estimate of drug-likeness (QED) is 0.539. The number of anilines is 1. The second-order valence-corrected chi connectivity index (χ2v) is 8.45. The first-order valence-corrected chi connectivity index (χ1v) is 10.3. The minimum absolute atomic E-state index is 0.0916. The molecule has 0 aliphatic rings. The number of carbonyl (C=O) groups excluding carboxylic acids is 2. The third-order valence-electron chi connectivity index (χ3n) is 4.02. The highest BCUT2D eigenvalue weighted by molar-refractivity contribution is 7.89. The van der Waals surface area contributed by atoms with Crippen molar-refractivity contribution >= 4 is 27.6 Å². The highest BCUT2D eigenvalue weighted by Gasteiger charge is 2.19. The number of nitrogens with one attached hydrogen (secondary N) is 1. The lowest BCUT2D eigenvalue weighted by Gasteiger charge is -2.13. The van der Waals surface area contributed by atoms with E-state index in [1.54, 1.807) is 24.3 Å². The number of hydrogen-bond acceptors (Lipinski definition) is 5. The van der Waals surface area contributed by atoms with Crippen LogP contribution in [0.4, 0.5) is 5.69 Å². The number of amides is 1. The number of esters is 1. The Hall–Kier alpha value is -2.71. The molecule has 0 radical (unpaired) electrons. The molecule has 0 heterocycles. The number of nitrogens with zero attached hydrogens (tertiary/aromatic N) is 1. The van der Waals surface area contributed by atoms with Gasteiger partial charge in [-0.25, -0.2) is 17.5 Å². The Morgan fingerprint density at radius 1 is 1.04 bits per heavy atom. The maximum atomic E-state index is 12.5. The van der Waals surface area contributed by atoms with Gasteiger partial charge in [0.1, 0.15) is 0 Å². The monoisotopic (exact) mass is 404 g/mol. The number of benzene rings is 2. The van der Waals surface area contributed by atoms with Crippen LogP contribution in [0.5, 0.6) is 0 Å². The molecule has 0 saturated heterocycles. The maximum Gasteiger partial charge on any atom is 0.340 e. The normalized spacial score (nSPS) is 11.3. The molecular formula is C20H24N2O5S. The molecule has 0 aromatic heterocycles. The summed E-state index contributed by atoms with van der Waals surface area (Å²) in [6, 6.07) is 12.2. The van der Waals surface area contributed by atoms with Crippen LogP contribution >= 0.6 is 0 Å². The highest BCUT2D eigenvalue weighted by Crippen LogP contribution is 2.19. The molecule has 0 unspecified atom stereocenters. The Labute approximate surface area is 165 Å². The predicted octanol–water partition coefficient (Wildman–Crippen LogP) is 3.15. The van der Waals surface area contributed by atoms with Crippen LogP contribution in [-0.4, -0.2) is 45.3 Å². The average molecular weight is 404 g/mol. The van der Waals surface area contributed by atoms with Gasteiger partial charge in [0.15, 0.2) is 0 Å². The van der Waals surface area contributed by atoms with Gasteiger partial charge in [-0.05, 0) is 42.8 Å². The fourth-order valence-electron chi connectivity index (χ4n) is 2.34. The van der Waals surface area contributed by atoms with Crippen molar-refractivity contribution in [3.63, 3.8) is 0 Å². The molecule has 0 fully saturated rings. The molecule has 0 aliphatic carbocycles. The Kier molecular flexibility index (Phi) is 7.31. The fourth-order valence-corrected chi connectivity index (χ4v) is 3.24. The zero-order valence-electron chi connectivity index (χ0n) is 16.1. The Bertz CT molecular complexity index is 937. The minimum atomic E-state index is -3.57. The third kappa shape index (κ3) is 5.17. The first-order valence-electron chi connectivity index (χ1n) is 8.87. The number of hydrogen-bond donors (Lipinski definition) is 1. The summed E-state index contributed by atoms with van der Waals surface area (Å²) in [7, 11) is -0.693. The van der Waals surface area contributed by atoms with E-state index in [0.29, 0.717) is 12.3 Å². The fraction of sp³-hybridized carbons (Fsp3) is 0.300. The van der Waals surface area contributed by atoms with Crippen LogP contribution in [0.25, 0.3) is 0 Å². The predicted molar refractivity (Wildman–Crippen MR) is 107 cm³/mol. The molecule has 0 aliphatic heterocycles. The van der Waals surface area contributed by atoms with Crippen LogP contribution in [-0.2, 0) is 14.8 Å². The summed E-state index contributed by atoms with van der Waals surface area (Å²) in [6.07, 6.45) is 1.67. The van der Waals surface area contributed by atoms with Crippen LogP contribution < -0.4 is 5.32 Å². The minimum Gasteiger partial charge on any atom is -0.462 e. The Morgan fingerprint density at radius 3 is 2.29 bits per heavy atom. The van der Waals surface area contributed by atoms with Crippen molar-refractivity contribution in [1.29, 1.82) is 0 Å². The smallest absolute Gasteiger partial charge is 0.340 e. The van der Waals surface area contributed by atoms with Crippen molar-refractivity contribution in [3.05, 3.63) is 59.7 Å². The topological polar surface area (TPSA) is 92.8 Å². The van der Waals surface area contributed by atoms with E-state index >= 15 is 0 Å². The molecule has 0 bridgehead atoms. The van der Waals surface area contributed by atoms with Crippen LogP contribution in [0.1, 0.15) is 40.5 Å². The largest absolute Gasteiger partial charge is 0.462 e. The zero-order chi connectivity index (χ0) is 20.7. The number of carbonyl (C=O) groups is 2. The summed E-state index contributed by atoms with van der Waals surface area (Å²) in [6.45, 7) is 2.32. The van der Waals surface area contributed by atoms with Gasteiger partial charge in [0.05, 0.1) is 22.8 Å². The summed E-state index contributed by atoms with van der Waals surface area (Å²) in [5.74, 6) is -0.959. The lowest BCUT2D eigenvalue weighted by atomic mass is 10.1. The van der Waals surface area contributed by atoms with E-state index in [4.69, 9.17) is 4.74 Å². The van der Waals surface area contributed by atoms with Gasteiger partial charge >= 0.3 is 5.97 Å². The summed E-state index contributed by atoms with van der Waals surface area (Å²) in [5, 5.41) is 2.68. The van der Waals surface area contributed by atoms with Gasteiger partial charge in [0.25, 0.3) is 5.91 Å². The van der Waals surface area contributed by atoms with Crippen LogP contribution in [0.15, 0.2) is 53.4 Å². The van der Waals surface area contributed by atoms with Crippen LogP contribution in [0.2, 0.25) is 0 Å². The van der Waals surface area contributed by atoms with E-state index in [9.17, 15) is 18.0 Å². The van der Waals surface area contributed by atoms with Gasteiger partial charge in [0, 0.05) is 19.7 Å². The van der Waals surface area contributed by atoms with E-state index in [1.807, 2.05) is 6.92 Å². The van der Waals surface area contributed by atoms with Gasteiger partial charge in [-0.3, -0.25) is 4.79 Å². The molecule has 1 amide bonds. The number of ether oxygens (including phenoxy) is 1. The van der Waals surface area contributed by atoms with Crippen LogP contribution in [0, 0.1) is 0 Å². The molecule has 1 N–H and O–H groups in total. The molecule has 0 atom stereocenters. The van der Waals surface area contributed by atoms with Gasteiger partial charge < -0.3 is 10.1 Å². The second-order valence-electron chi connectivity index (χ2n) is 6.30. The van der Waals surface area contributed by atoms with Gasteiger partial charge in [-0.1, -0.05) is 25.5 Å². The number of sulfonamides is 1.